The van der Waals surface area contributed by atoms with Crippen molar-refractivity contribution in [3.63, 3.8) is 0 Å². The summed E-state index contributed by atoms with van der Waals surface area (Å²) in [5, 5.41) is 7.86. The number of ether oxygens (including phenoxy) is 1. The summed E-state index contributed by atoms with van der Waals surface area (Å²) in [6.07, 6.45) is 1.53. The number of hydrogen-bond donors (Lipinski definition) is 0. The first-order valence-electron chi connectivity index (χ1n) is 6.23. The van der Waals surface area contributed by atoms with Gasteiger partial charge in [-0.2, -0.15) is 0 Å². The van der Waals surface area contributed by atoms with E-state index < -0.39 is 9.84 Å². The molecule has 0 saturated carbocycles. The van der Waals surface area contributed by atoms with Crippen LogP contribution in [0.5, 0.6) is 5.88 Å². The molecule has 0 aromatic carbocycles. The fourth-order valence-corrected chi connectivity index (χ4v) is 2.71. The fraction of sp³-hybridized carbons (Fsp3) is 0.308. The van der Waals surface area contributed by atoms with Gasteiger partial charge >= 0.3 is 0 Å². The summed E-state index contributed by atoms with van der Waals surface area (Å²) in [5.74, 6) is 0.406. The van der Waals surface area contributed by atoms with Crippen LogP contribution in [0.2, 0.25) is 0 Å². The zero-order chi connectivity index (χ0) is 14.6. The lowest BCUT2D eigenvalue weighted by atomic mass is 10.2. The normalized spacial score (nSPS) is 11.3. The molecule has 0 spiro atoms. The van der Waals surface area contributed by atoms with E-state index in [0.29, 0.717) is 23.9 Å². The Morgan fingerprint density at radius 2 is 1.95 bits per heavy atom. The molecule has 0 saturated heterocycles. The van der Waals surface area contributed by atoms with Gasteiger partial charge in [0, 0.05) is 12.3 Å². The predicted octanol–water partition coefficient (Wildman–Crippen LogP) is 1.73. The molecule has 0 fully saturated rings. The van der Waals surface area contributed by atoms with Crippen LogP contribution in [0.4, 0.5) is 0 Å². The lowest BCUT2D eigenvalue weighted by Gasteiger charge is -2.07. The van der Waals surface area contributed by atoms with Crippen LogP contribution in [0.1, 0.15) is 13.8 Å². The second-order valence-corrected chi connectivity index (χ2v) is 6.19. The number of aromatic nitrogens is 3. The molecule has 7 heteroatoms. The van der Waals surface area contributed by atoms with Crippen LogP contribution in [0.3, 0.4) is 0 Å². The topological polar surface area (TPSA) is 82.0 Å². The molecule has 0 amide bonds. The zero-order valence-corrected chi connectivity index (χ0v) is 12.1. The van der Waals surface area contributed by atoms with Crippen molar-refractivity contribution in [1.82, 2.24) is 15.2 Å². The Bertz CT molecular complexity index is 684. The van der Waals surface area contributed by atoms with E-state index >= 15 is 0 Å². The highest BCUT2D eigenvalue weighted by molar-refractivity contribution is 7.91. The summed E-state index contributed by atoms with van der Waals surface area (Å²) in [6.45, 7) is 3.93. The third-order valence-corrected chi connectivity index (χ3v) is 4.42. The molecule has 0 radical (unpaired) electrons. The van der Waals surface area contributed by atoms with Crippen molar-refractivity contribution in [2.75, 3.05) is 12.4 Å². The van der Waals surface area contributed by atoms with E-state index in [0.717, 1.165) is 0 Å². The van der Waals surface area contributed by atoms with Crippen molar-refractivity contribution in [3.05, 3.63) is 30.5 Å². The average molecular weight is 293 g/mol. The Balaban J connectivity index is 2.48. The van der Waals surface area contributed by atoms with Gasteiger partial charge in [-0.25, -0.2) is 8.42 Å². The molecule has 0 N–H and O–H groups in total. The quantitative estimate of drug-likeness (QED) is 0.835. The number of nitrogens with zero attached hydrogens (tertiary/aromatic N) is 3. The van der Waals surface area contributed by atoms with Crippen LogP contribution in [0.25, 0.3) is 11.4 Å². The Labute approximate surface area is 117 Å². The van der Waals surface area contributed by atoms with Crippen LogP contribution < -0.4 is 4.74 Å². The highest BCUT2D eigenvalue weighted by Crippen LogP contribution is 2.24. The minimum atomic E-state index is -3.36. The summed E-state index contributed by atoms with van der Waals surface area (Å²) in [4.78, 5) is 4.28. The molecule has 0 unspecified atom stereocenters. The third-order valence-electron chi connectivity index (χ3n) is 2.66. The highest BCUT2D eigenvalue weighted by Gasteiger charge is 2.19. The molecule has 0 aliphatic rings. The second kappa shape index (κ2) is 5.96. The number of rotatable bonds is 5. The first kappa shape index (κ1) is 14.4. The molecule has 0 aliphatic heterocycles. The van der Waals surface area contributed by atoms with E-state index in [1.807, 2.05) is 6.92 Å². The van der Waals surface area contributed by atoms with Crippen molar-refractivity contribution in [2.45, 2.75) is 18.7 Å². The van der Waals surface area contributed by atoms with E-state index in [-0.39, 0.29) is 10.6 Å². The van der Waals surface area contributed by atoms with Crippen LogP contribution in [-0.4, -0.2) is 36.0 Å². The van der Waals surface area contributed by atoms with Crippen molar-refractivity contribution >= 4 is 9.84 Å². The first-order valence-corrected chi connectivity index (χ1v) is 7.88. The van der Waals surface area contributed by atoms with Crippen molar-refractivity contribution in [1.29, 1.82) is 0 Å². The number of sulfone groups is 1. The maximum absolute atomic E-state index is 12.1. The lowest BCUT2D eigenvalue weighted by molar-refractivity contribution is 0.323. The van der Waals surface area contributed by atoms with Crippen LogP contribution in [0, 0.1) is 0 Å². The van der Waals surface area contributed by atoms with E-state index in [9.17, 15) is 8.42 Å². The van der Waals surface area contributed by atoms with Gasteiger partial charge in [-0.3, -0.25) is 4.98 Å². The second-order valence-electron chi connectivity index (χ2n) is 3.94. The van der Waals surface area contributed by atoms with Crippen molar-refractivity contribution < 1.29 is 13.2 Å². The monoisotopic (exact) mass is 293 g/mol. The van der Waals surface area contributed by atoms with E-state index in [4.69, 9.17) is 4.74 Å². The summed E-state index contributed by atoms with van der Waals surface area (Å²) >= 11 is 0. The van der Waals surface area contributed by atoms with Gasteiger partial charge in [0.05, 0.1) is 17.3 Å². The Kier molecular flexibility index (Phi) is 4.29. The highest BCUT2D eigenvalue weighted by atomic mass is 32.2. The maximum atomic E-state index is 12.1. The van der Waals surface area contributed by atoms with E-state index in [2.05, 4.69) is 15.2 Å². The molecular weight excluding hydrogens is 278 g/mol. The number of hydrogen-bond acceptors (Lipinski definition) is 6. The smallest absolute Gasteiger partial charge is 0.233 e. The standard InChI is InChI=1S/C13H15N3O3S/c1-3-19-12-8-7-10(15-16-12)13-11(6-5-9-14-13)20(17,18)4-2/h5-9H,3-4H2,1-2H3. The molecule has 20 heavy (non-hydrogen) atoms. The molecular formula is C13H15N3O3S. The Morgan fingerprint density at radius 3 is 2.55 bits per heavy atom. The van der Waals surface area contributed by atoms with E-state index in [1.54, 1.807) is 25.1 Å². The third kappa shape index (κ3) is 2.93. The molecule has 2 aromatic heterocycles. The van der Waals surface area contributed by atoms with Gasteiger partial charge in [0.15, 0.2) is 9.84 Å². The molecule has 2 rings (SSSR count). The van der Waals surface area contributed by atoms with Gasteiger partial charge in [0.1, 0.15) is 11.4 Å². The predicted molar refractivity (Wildman–Crippen MR) is 74.2 cm³/mol. The van der Waals surface area contributed by atoms with Gasteiger partial charge in [0.25, 0.3) is 0 Å². The van der Waals surface area contributed by atoms with Crippen LogP contribution >= 0.6 is 0 Å². The average Bonchev–Trinajstić information content (AvgIpc) is 2.48. The molecule has 0 bridgehead atoms. The van der Waals surface area contributed by atoms with Gasteiger partial charge in [-0.1, -0.05) is 6.92 Å². The minimum Gasteiger partial charge on any atom is -0.477 e. The van der Waals surface area contributed by atoms with Gasteiger partial charge in [-0.05, 0) is 25.1 Å². The van der Waals surface area contributed by atoms with Crippen LogP contribution in [0.15, 0.2) is 35.4 Å². The molecule has 6 nitrogen and oxygen atoms in total. The molecule has 106 valence electrons. The van der Waals surface area contributed by atoms with Gasteiger partial charge in [-0.15, -0.1) is 10.2 Å². The Morgan fingerprint density at radius 1 is 1.15 bits per heavy atom. The van der Waals surface area contributed by atoms with Crippen molar-refractivity contribution in [2.24, 2.45) is 0 Å². The molecule has 2 heterocycles. The van der Waals surface area contributed by atoms with Crippen LogP contribution in [-0.2, 0) is 9.84 Å². The fourth-order valence-electron chi connectivity index (χ4n) is 1.66. The first-order chi connectivity index (χ1) is 9.58. The molecule has 2 aromatic rings. The van der Waals surface area contributed by atoms with Gasteiger partial charge in [0.2, 0.25) is 5.88 Å². The summed E-state index contributed by atoms with van der Waals surface area (Å²) in [7, 11) is -3.36. The summed E-state index contributed by atoms with van der Waals surface area (Å²) in [5.41, 5.74) is 0.714. The van der Waals surface area contributed by atoms with Crippen molar-refractivity contribution in [3.8, 4) is 17.3 Å². The van der Waals surface area contributed by atoms with E-state index in [1.165, 1.54) is 12.3 Å². The Hall–Kier alpha value is -2.02. The summed E-state index contributed by atoms with van der Waals surface area (Å²) in [6, 6.07) is 6.41. The SMILES string of the molecule is CCOc1ccc(-c2ncccc2S(=O)(=O)CC)nn1. The molecule has 0 atom stereocenters. The zero-order valence-electron chi connectivity index (χ0n) is 11.3. The largest absolute Gasteiger partial charge is 0.477 e. The maximum Gasteiger partial charge on any atom is 0.233 e. The molecule has 0 aliphatic carbocycles. The lowest BCUT2D eigenvalue weighted by Crippen LogP contribution is -2.07. The number of pyridine rings is 1. The van der Waals surface area contributed by atoms with Gasteiger partial charge < -0.3 is 4.74 Å². The summed E-state index contributed by atoms with van der Waals surface area (Å²) < 4.78 is 29.3. The minimum absolute atomic E-state index is 0.0101.